The van der Waals surface area contributed by atoms with Gasteiger partial charge < -0.3 is 10.6 Å². The fourth-order valence-electron chi connectivity index (χ4n) is 1.83. The van der Waals surface area contributed by atoms with Crippen LogP contribution in [0.15, 0.2) is 48.5 Å². The topological polar surface area (TPSA) is 29.3 Å². The third-order valence-corrected chi connectivity index (χ3v) is 2.66. The summed E-state index contributed by atoms with van der Waals surface area (Å²) in [6.07, 6.45) is 0. The van der Waals surface area contributed by atoms with Gasteiger partial charge in [0.15, 0.2) is 0 Å². The Morgan fingerprint density at radius 2 is 1.88 bits per heavy atom. The summed E-state index contributed by atoms with van der Waals surface area (Å²) >= 11 is 0. The van der Waals surface area contributed by atoms with Crippen molar-refractivity contribution in [3.05, 3.63) is 59.9 Å². The predicted molar refractivity (Wildman–Crippen MR) is 69.4 cm³/mol. The predicted octanol–water partition coefficient (Wildman–Crippen LogP) is 3.04. The number of benzene rings is 2. The molecule has 2 rings (SSSR count). The van der Waals surface area contributed by atoms with Crippen LogP contribution in [0.25, 0.3) is 0 Å². The number of hydrogen-bond acceptors (Lipinski definition) is 2. The minimum atomic E-state index is -0.211. The van der Waals surface area contributed by atoms with Gasteiger partial charge in [0.1, 0.15) is 5.82 Å². The highest BCUT2D eigenvalue weighted by atomic mass is 19.1. The molecule has 3 heteroatoms. The summed E-state index contributed by atoms with van der Waals surface area (Å²) in [5.41, 5.74) is 8.50. The number of hydrogen-bond donors (Lipinski definition) is 1. The number of anilines is 2. The third-order valence-electron chi connectivity index (χ3n) is 2.66. The summed E-state index contributed by atoms with van der Waals surface area (Å²) in [7, 11) is 1.94. The molecule has 0 unspecified atom stereocenters. The van der Waals surface area contributed by atoms with Crippen LogP contribution in [0.3, 0.4) is 0 Å². The standard InChI is InChI=1S/C14H15FN2/c1-17(14-8-3-2-7-13(14)16)10-11-5-4-6-12(15)9-11/h2-9H,10,16H2,1H3. The van der Waals surface area contributed by atoms with Crippen molar-refractivity contribution in [3.63, 3.8) is 0 Å². The van der Waals surface area contributed by atoms with E-state index in [0.717, 1.165) is 16.9 Å². The zero-order valence-electron chi connectivity index (χ0n) is 9.73. The van der Waals surface area contributed by atoms with Crippen molar-refractivity contribution in [2.75, 3.05) is 17.7 Å². The van der Waals surface area contributed by atoms with E-state index in [1.807, 2.05) is 42.3 Å². The fourth-order valence-corrected chi connectivity index (χ4v) is 1.83. The van der Waals surface area contributed by atoms with Crippen molar-refractivity contribution in [2.24, 2.45) is 0 Å². The second-order valence-corrected chi connectivity index (χ2v) is 4.04. The molecule has 0 aliphatic rings. The molecule has 0 aliphatic carbocycles. The van der Waals surface area contributed by atoms with Crippen LogP contribution in [0.2, 0.25) is 0 Å². The summed E-state index contributed by atoms with van der Waals surface area (Å²) in [6.45, 7) is 0.631. The number of para-hydroxylation sites is 2. The first kappa shape index (κ1) is 11.5. The van der Waals surface area contributed by atoms with Crippen molar-refractivity contribution >= 4 is 11.4 Å². The zero-order valence-corrected chi connectivity index (χ0v) is 9.73. The SMILES string of the molecule is CN(Cc1cccc(F)c1)c1ccccc1N. The second-order valence-electron chi connectivity index (χ2n) is 4.04. The van der Waals surface area contributed by atoms with Gasteiger partial charge in [0, 0.05) is 13.6 Å². The van der Waals surface area contributed by atoms with Crippen LogP contribution in [-0.4, -0.2) is 7.05 Å². The Labute approximate surface area is 100 Å². The molecule has 0 heterocycles. The first-order chi connectivity index (χ1) is 8.16. The van der Waals surface area contributed by atoms with Crippen LogP contribution in [0.5, 0.6) is 0 Å². The molecule has 2 nitrogen and oxygen atoms in total. The molecule has 2 aromatic rings. The largest absolute Gasteiger partial charge is 0.397 e. The number of nitrogens with two attached hydrogens (primary N) is 1. The molecule has 0 aliphatic heterocycles. The summed E-state index contributed by atoms with van der Waals surface area (Å²) in [6, 6.07) is 14.2. The Hall–Kier alpha value is -2.03. The highest BCUT2D eigenvalue weighted by molar-refractivity contribution is 5.66. The van der Waals surface area contributed by atoms with Crippen molar-refractivity contribution in [1.29, 1.82) is 0 Å². The number of rotatable bonds is 3. The van der Waals surface area contributed by atoms with Gasteiger partial charge >= 0.3 is 0 Å². The van der Waals surface area contributed by atoms with Gasteiger partial charge in [0.05, 0.1) is 11.4 Å². The third kappa shape index (κ3) is 2.75. The first-order valence-corrected chi connectivity index (χ1v) is 5.47. The molecule has 0 saturated heterocycles. The van der Waals surface area contributed by atoms with Crippen molar-refractivity contribution in [3.8, 4) is 0 Å². The van der Waals surface area contributed by atoms with E-state index in [1.54, 1.807) is 6.07 Å². The number of halogens is 1. The molecule has 0 atom stereocenters. The highest BCUT2D eigenvalue weighted by Gasteiger charge is 2.05. The normalized spacial score (nSPS) is 10.2. The zero-order chi connectivity index (χ0) is 12.3. The highest BCUT2D eigenvalue weighted by Crippen LogP contribution is 2.22. The Balaban J connectivity index is 2.17. The number of nitrogen functional groups attached to an aromatic ring is 1. The fraction of sp³-hybridized carbons (Fsp3) is 0.143. The lowest BCUT2D eigenvalue weighted by Gasteiger charge is -2.21. The Morgan fingerprint density at radius 1 is 1.12 bits per heavy atom. The monoisotopic (exact) mass is 230 g/mol. The van der Waals surface area contributed by atoms with Crippen LogP contribution in [0, 0.1) is 5.82 Å². The van der Waals surface area contributed by atoms with E-state index >= 15 is 0 Å². The first-order valence-electron chi connectivity index (χ1n) is 5.47. The quantitative estimate of drug-likeness (QED) is 0.821. The van der Waals surface area contributed by atoms with Crippen molar-refractivity contribution in [1.82, 2.24) is 0 Å². The van der Waals surface area contributed by atoms with E-state index in [9.17, 15) is 4.39 Å². The van der Waals surface area contributed by atoms with E-state index < -0.39 is 0 Å². The molecule has 0 radical (unpaired) electrons. The second kappa shape index (κ2) is 4.87. The van der Waals surface area contributed by atoms with E-state index in [-0.39, 0.29) is 5.82 Å². The molecule has 0 saturated carbocycles. The van der Waals surface area contributed by atoms with Crippen molar-refractivity contribution < 1.29 is 4.39 Å². The van der Waals surface area contributed by atoms with Gasteiger partial charge in [-0.2, -0.15) is 0 Å². The maximum Gasteiger partial charge on any atom is 0.123 e. The van der Waals surface area contributed by atoms with Gasteiger partial charge in [-0.25, -0.2) is 4.39 Å². The lowest BCUT2D eigenvalue weighted by atomic mass is 10.2. The van der Waals surface area contributed by atoms with E-state index in [4.69, 9.17) is 5.73 Å². The van der Waals surface area contributed by atoms with Crippen LogP contribution >= 0.6 is 0 Å². The summed E-state index contributed by atoms with van der Waals surface area (Å²) in [5, 5.41) is 0. The maximum atomic E-state index is 13.1. The van der Waals surface area contributed by atoms with E-state index in [0.29, 0.717) is 6.54 Å². The van der Waals surface area contributed by atoms with E-state index in [2.05, 4.69) is 0 Å². The Morgan fingerprint density at radius 3 is 2.59 bits per heavy atom. The van der Waals surface area contributed by atoms with E-state index in [1.165, 1.54) is 12.1 Å². The van der Waals surface area contributed by atoms with Gasteiger partial charge in [0.25, 0.3) is 0 Å². The van der Waals surface area contributed by atoms with Gasteiger partial charge in [-0.3, -0.25) is 0 Å². The molecule has 0 fully saturated rings. The molecule has 88 valence electrons. The molecule has 0 bridgehead atoms. The van der Waals surface area contributed by atoms with Crippen molar-refractivity contribution in [2.45, 2.75) is 6.54 Å². The molecule has 0 amide bonds. The van der Waals surface area contributed by atoms with Crippen LogP contribution < -0.4 is 10.6 Å². The van der Waals surface area contributed by atoms with Gasteiger partial charge in [-0.1, -0.05) is 24.3 Å². The molecule has 0 spiro atoms. The smallest absolute Gasteiger partial charge is 0.123 e. The van der Waals surface area contributed by atoms with Crippen LogP contribution in [-0.2, 0) is 6.54 Å². The van der Waals surface area contributed by atoms with Gasteiger partial charge in [-0.15, -0.1) is 0 Å². The van der Waals surface area contributed by atoms with Crippen LogP contribution in [0.1, 0.15) is 5.56 Å². The molecule has 2 N–H and O–H groups in total. The van der Waals surface area contributed by atoms with Gasteiger partial charge in [0.2, 0.25) is 0 Å². The van der Waals surface area contributed by atoms with Gasteiger partial charge in [-0.05, 0) is 29.8 Å². The minimum absolute atomic E-state index is 0.211. The summed E-state index contributed by atoms with van der Waals surface area (Å²) in [5.74, 6) is -0.211. The summed E-state index contributed by atoms with van der Waals surface area (Å²) in [4.78, 5) is 2.00. The molecule has 0 aromatic heterocycles. The molecule has 17 heavy (non-hydrogen) atoms. The number of nitrogens with zero attached hydrogens (tertiary/aromatic N) is 1. The lowest BCUT2D eigenvalue weighted by molar-refractivity contribution is 0.625. The molecular formula is C14H15FN2. The van der Waals surface area contributed by atoms with Crippen LogP contribution in [0.4, 0.5) is 15.8 Å². The summed E-state index contributed by atoms with van der Waals surface area (Å²) < 4.78 is 13.1. The average Bonchev–Trinajstić information content (AvgIpc) is 2.29. The average molecular weight is 230 g/mol. The Bertz CT molecular complexity index is 511. The molecular weight excluding hydrogens is 215 g/mol. The lowest BCUT2D eigenvalue weighted by Crippen LogP contribution is -2.17. The molecule has 2 aromatic carbocycles. The minimum Gasteiger partial charge on any atom is -0.397 e. The Kier molecular flexibility index (Phi) is 3.28. The maximum absolute atomic E-state index is 13.1.